The highest BCUT2D eigenvalue weighted by Gasteiger charge is 2.24. The van der Waals surface area contributed by atoms with Gasteiger partial charge in [0.15, 0.2) is 5.58 Å². The van der Waals surface area contributed by atoms with E-state index in [1.807, 2.05) is 0 Å². The molecule has 0 bridgehead atoms. The first-order valence-corrected chi connectivity index (χ1v) is 6.49. The van der Waals surface area contributed by atoms with Gasteiger partial charge in [0.2, 0.25) is 0 Å². The first-order valence-electron chi connectivity index (χ1n) is 6.49. The maximum Gasteiger partial charge on any atom is 0.170 e. The van der Waals surface area contributed by atoms with Crippen LogP contribution in [0, 0.1) is 5.82 Å². The van der Waals surface area contributed by atoms with Gasteiger partial charge in [-0.3, -0.25) is 4.90 Å². The molecule has 100 valence electrons. The minimum Gasteiger partial charge on any atom is -0.356 e. The Labute approximate surface area is 110 Å². The summed E-state index contributed by atoms with van der Waals surface area (Å²) in [6.07, 6.45) is 2.84. The lowest BCUT2D eigenvalue weighted by Gasteiger charge is -2.29. The van der Waals surface area contributed by atoms with Gasteiger partial charge in [0.1, 0.15) is 12.1 Å². The lowest BCUT2D eigenvalue weighted by atomic mass is 9.91. The van der Waals surface area contributed by atoms with E-state index in [4.69, 9.17) is 4.52 Å². The van der Waals surface area contributed by atoms with Crippen LogP contribution in [0.25, 0.3) is 11.0 Å². The average molecular weight is 262 g/mol. The largest absolute Gasteiger partial charge is 0.356 e. The van der Waals surface area contributed by atoms with Crippen LogP contribution in [0.3, 0.4) is 0 Å². The van der Waals surface area contributed by atoms with Crippen molar-refractivity contribution >= 4 is 17.3 Å². The van der Waals surface area contributed by atoms with Gasteiger partial charge in [0.25, 0.3) is 0 Å². The Morgan fingerprint density at radius 1 is 1.42 bits per heavy atom. The van der Waals surface area contributed by atoms with Crippen LogP contribution in [0.15, 0.2) is 22.7 Å². The van der Waals surface area contributed by atoms with Crippen molar-refractivity contribution in [2.45, 2.75) is 18.8 Å². The van der Waals surface area contributed by atoms with E-state index in [0.717, 1.165) is 43.3 Å². The summed E-state index contributed by atoms with van der Waals surface area (Å²) in [5.74, 6) is 0.0191. The van der Waals surface area contributed by atoms with Crippen LogP contribution >= 0.6 is 0 Å². The minimum absolute atomic E-state index is 0.309. The van der Waals surface area contributed by atoms with E-state index in [0.29, 0.717) is 18.0 Å². The van der Waals surface area contributed by atoms with Crippen molar-refractivity contribution in [3.05, 3.63) is 29.7 Å². The minimum atomic E-state index is -0.309. The van der Waals surface area contributed by atoms with E-state index in [9.17, 15) is 9.18 Å². The van der Waals surface area contributed by atoms with Crippen LogP contribution in [0.2, 0.25) is 0 Å². The lowest BCUT2D eigenvalue weighted by molar-refractivity contribution is -0.109. The molecule has 3 rings (SSSR count). The maximum atomic E-state index is 13.1. The molecule has 1 aliphatic heterocycles. The maximum absolute atomic E-state index is 13.1. The van der Waals surface area contributed by atoms with Crippen molar-refractivity contribution in [3.8, 4) is 0 Å². The van der Waals surface area contributed by atoms with Gasteiger partial charge < -0.3 is 9.32 Å². The second kappa shape index (κ2) is 5.09. The van der Waals surface area contributed by atoms with Gasteiger partial charge >= 0.3 is 0 Å². The van der Waals surface area contributed by atoms with Gasteiger partial charge in [-0.05, 0) is 38.1 Å². The van der Waals surface area contributed by atoms with E-state index >= 15 is 0 Å². The van der Waals surface area contributed by atoms with Gasteiger partial charge in [-0.25, -0.2) is 4.39 Å². The van der Waals surface area contributed by atoms with E-state index in [1.54, 1.807) is 6.07 Å². The summed E-state index contributed by atoms with van der Waals surface area (Å²) in [7, 11) is 0. The van der Waals surface area contributed by atoms with E-state index < -0.39 is 0 Å². The number of fused-ring (bicyclic) bond motifs is 1. The third kappa shape index (κ3) is 2.38. The molecule has 0 radical (unpaired) electrons. The summed E-state index contributed by atoms with van der Waals surface area (Å²) >= 11 is 0. The van der Waals surface area contributed by atoms with Gasteiger partial charge in [0.05, 0.1) is 12.2 Å². The summed E-state index contributed by atoms with van der Waals surface area (Å²) in [5, 5.41) is 5.00. The number of hydrogen-bond acceptors (Lipinski definition) is 4. The number of carbonyl (C=O) groups excluding carboxylic acids is 1. The topological polar surface area (TPSA) is 46.3 Å². The number of halogens is 1. The van der Waals surface area contributed by atoms with Crippen LogP contribution in [-0.2, 0) is 4.79 Å². The van der Waals surface area contributed by atoms with E-state index in [2.05, 4.69) is 10.1 Å². The van der Waals surface area contributed by atoms with Crippen molar-refractivity contribution in [2.75, 3.05) is 19.6 Å². The Kier molecular flexibility index (Phi) is 3.29. The molecule has 1 fully saturated rings. The number of likely N-dealkylation sites (tertiary alicyclic amines) is 1. The number of aldehydes is 1. The van der Waals surface area contributed by atoms with Gasteiger partial charge in [-0.2, -0.15) is 0 Å². The molecule has 0 spiro atoms. The van der Waals surface area contributed by atoms with Crippen LogP contribution in [0.1, 0.15) is 24.5 Å². The molecule has 0 N–H and O–H groups in total. The Hall–Kier alpha value is -1.75. The monoisotopic (exact) mass is 262 g/mol. The second-order valence-electron chi connectivity index (χ2n) is 4.95. The predicted molar refractivity (Wildman–Crippen MR) is 68.4 cm³/mol. The SMILES string of the molecule is O=CCN1CCC(c2noc3cc(F)ccc23)CC1. The standard InChI is InChI=1S/C14H15FN2O2/c15-11-1-2-12-13(9-11)19-16-14(12)10-3-5-17(6-4-10)7-8-18/h1-2,8-10H,3-7H2. The van der Waals surface area contributed by atoms with Gasteiger partial charge in [-0.1, -0.05) is 5.16 Å². The van der Waals surface area contributed by atoms with Crippen molar-refractivity contribution in [2.24, 2.45) is 0 Å². The molecule has 0 saturated carbocycles. The predicted octanol–water partition coefficient (Wildman–Crippen LogP) is 2.35. The highest BCUT2D eigenvalue weighted by atomic mass is 19.1. The zero-order chi connectivity index (χ0) is 13.2. The van der Waals surface area contributed by atoms with Crippen molar-refractivity contribution in [3.63, 3.8) is 0 Å². The van der Waals surface area contributed by atoms with Crippen LogP contribution in [-0.4, -0.2) is 36.0 Å². The summed E-state index contributed by atoms with van der Waals surface area (Å²) in [6.45, 7) is 2.27. The van der Waals surface area contributed by atoms with E-state index in [1.165, 1.54) is 12.1 Å². The number of benzene rings is 1. The molecule has 2 heterocycles. The Balaban J connectivity index is 1.80. The number of hydrogen-bond donors (Lipinski definition) is 0. The van der Waals surface area contributed by atoms with Crippen LogP contribution in [0.4, 0.5) is 4.39 Å². The summed E-state index contributed by atoms with van der Waals surface area (Å²) in [4.78, 5) is 12.6. The number of carbonyl (C=O) groups is 1. The van der Waals surface area contributed by atoms with Gasteiger partial charge in [-0.15, -0.1) is 0 Å². The first kappa shape index (κ1) is 12.3. The fourth-order valence-corrected chi connectivity index (χ4v) is 2.72. The summed E-state index contributed by atoms with van der Waals surface area (Å²) in [6, 6.07) is 4.53. The molecule has 0 amide bonds. The highest BCUT2D eigenvalue weighted by molar-refractivity contribution is 5.79. The molecular weight excluding hydrogens is 247 g/mol. The molecule has 0 aliphatic carbocycles. The highest BCUT2D eigenvalue weighted by Crippen LogP contribution is 2.32. The fraction of sp³-hybridized carbons (Fsp3) is 0.429. The third-order valence-corrected chi connectivity index (χ3v) is 3.77. The zero-order valence-electron chi connectivity index (χ0n) is 10.5. The Morgan fingerprint density at radius 3 is 2.95 bits per heavy atom. The fourth-order valence-electron chi connectivity index (χ4n) is 2.72. The molecule has 1 aromatic carbocycles. The molecule has 1 aliphatic rings. The molecule has 1 aromatic heterocycles. The summed E-state index contributed by atoms with van der Waals surface area (Å²) < 4.78 is 18.3. The summed E-state index contributed by atoms with van der Waals surface area (Å²) in [5.41, 5.74) is 1.42. The normalized spacial score (nSPS) is 17.9. The lowest BCUT2D eigenvalue weighted by Crippen LogP contribution is -2.34. The smallest absolute Gasteiger partial charge is 0.170 e. The first-order chi connectivity index (χ1) is 9.28. The molecule has 4 nitrogen and oxygen atoms in total. The zero-order valence-corrected chi connectivity index (χ0v) is 10.5. The van der Waals surface area contributed by atoms with Crippen LogP contribution in [0.5, 0.6) is 0 Å². The Bertz CT molecular complexity index is 588. The number of nitrogens with zero attached hydrogens (tertiary/aromatic N) is 2. The molecule has 2 aromatic rings. The second-order valence-corrected chi connectivity index (χ2v) is 4.95. The van der Waals surface area contributed by atoms with Crippen molar-refractivity contribution < 1.29 is 13.7 Å². The average Bonchev–Trinajstić information content (AvgIpc) is 2.83. The van der Waals surface area contributed by atoms with Crippen LogP contribution < -0.4 is 0 Å². The number of aromatic nitrogens is 1. The molecular formula is C14H15FN2O2. The number of rotatable bonds is 3. The Morgan fingerprint density at radius 2 is 2.21 bits per heavy atom. The molecule has 0 atom stereocenters. The van der Waals surface area contributed by atoms with Crippen molar-refractivity contribution in [1.82, 2.24) is 10.1 Å². The van der Waals surface area contributed by atoms with Crippen molar-refractivity contribution in [1.29, 1.82) is 0 Å². The van der Waals surface area contributed by atoms with Gasteiger partial charge in [0, 0.05) is 17.4 Å². The van der Waals surface area contributed by atoms with E-state index in [-0.39, 0.29) is 5.82 Å². The quantitative estimate of drug-likeness (QED) is 0.796. The third-order valence-electron chi connectivity index (χ3n) is 3.77. The molecule has 5 heteroatoms. The molecule has 19 heavy (non-hydrogen) atoms. The molecule has 1 saturated heterocycles. The molecule has 0 unspecified atom stereocenters. The number of piperidine rings is 1.